The molecule has 0 saturated carbocycles. The third-order valence-corrected chi connectivity index (χ3v) is 5.53. The van der Waals surface area contributed by atoms with Crippen molar-refractivity contribution in [3.05, 3.63) is 23.3 Å². The number of nitriles is 1. The van der Waals surface area contributed by atoms with Gasteiger partial charge in [0.25, 0.3) is 0 Å². The van der Waals surface area contributed by atoms with E-state index in [1.165, 1.54) is 14.2 Å². The highest BCUT2D eigenvalue weighted by Gasteiger charge is 2.36. The van der Waals surface area contributed by atoms with Gasteiger partial charge in [-0.1, -0.05) is 0 Å². The van der Waals surface area contributed by atoms with Gasteiger partial charge < -0.3 is 24.0 Å². The van der Waals surface area contributed by atoms with Crippen LogP contribution in [-0.4, -0.2) is 87.0 Å². The van der Waals surface area contributed by atoms with Crippen molar-refractivity contribution >= 4 is 17.7 Å². The maximum atomic E-state index is 12.2. The fourth-order valence-corrected chi connectivity index (χ4v) is 3.84. The van der Waals surface area contributed by atoms with Gasteiger partial charge in [0.2, 0.25) is 0 Å². The molecule has 3 rings (SSSR count). The lowest BCUT2D eigenvalue weighted by Crippen LogP contribution is -2.63. The van der Waals surface area contributed by atoms with Crippen LogP contribution in [-0.2, 0) is 9.47 Å². The molecule has 2 saturated heterocycles. The van der Waals surface area contributed by atoms with Crippen molar-refractivity contribution in [1.29, 1.82) is 5.26 Å². The van der Waals surface area contributed by atoms with Crippen LogP contribution in [0.3, 0.4) is 0 Å². The van der Waals surface area contributed by atoms with Gasteiger partial charge in [0.1, 0.15) is 23.0 Å². The van der Waals surface area contributed by atoms with E-state index in [0.29, 0.717) is 24.9 Å². The van der Waals surface area contributed by atoms with E-state index in [4.69, 9.17) is 14.2 Å². The minimum atomic E-state index is -0.593. The molecule has 1 aromatic rings. The smallest absolute Gasteiger partial charge is 0.410 e. The topological polar surface area (TPSA) is 95.3 Å². The number of amides is 1. The maximum Gasteiger partial charge on any atom is 0.410 e. The second-order valence-electron chi connectivity index (χ2n) is 8.74. The summed E-state index contributed by atoms with van der Waals surface area (Å²) in [5, 5.41) is 9.49. The van der Waals surface area contributed by atoms with Crippen LogP contribution < -0.4 is 9.64 Å². The molecule has 0 unspecified atom stereocenters. The van der Waals surface area contributed by atoms with Gasteiger partial charge in [0.15, 0.2) is 0 Å². The van der Waals surface area contributed by atoms with Crippen LogP contribution >= 0.6 is 0 Å². The zero-order chi connectivity index (χ0) is 22.8. The molecule has 0 spiro atoms. The maximum absolute atomic E-state index is 12.2. The van der Waals surface area contributed by atoms with Crippen molar-refractivity contribution < 1.29 is 23.8 Å². The average molecular weight is 431 g/mol. The van der Waals surface area contributed by atoms with Crippen molar-refractivity contribution in [2.45, 2.75) is 32.4 Å². The molecule has 31 heavy (non-hydrogen) atoms. The van der Waals surface area contributed by atoms with Crippen LogP contribution in [0.1, 0.15) is 36.7 Å². The molecule has 0 atom stereocenters. The summed E-state index contributed by atoms with van der Waals surface area (Å²) in [5.41, 5.74) is 0.724. The van der Waals surface area contributed by atoms with Gasteiger partial charge in [-0.2, -0.15) is 5.26 Å². The van der Waals surface area contributed by atoms with Crippen LogP contribution in [0.5, 0.6) is 5.75 Å². The Hall–Kier alpha value is -2.99. The molecule has 2 aliphatic rings. The van der Waals surface area contributed by atoms with Gasteiger partial charge in [-0.3, -0.25) is 4.90 Å². The Morgan fingerprint density at radius 3 is 2.26 bits per heavy atom. The molecule has 0 radical (unpaired) electrons. The van der Waals surface area contributed by atoms with E-state index in [1.807, 2.05) is 20.8 Å². The number of hydrogen-bond acceptors (Lipinski definition) is 8. The molecule has 0 aliphatic carbocycles. The van der Waals surface area contributed by atoms with E-state index < -0.39 is 11.6 Å². The van der Waals surface area contributed by atoms with Crippen molar-refractivity contribution in [3.63, 3.8) is 0 Å². The normalized spacial score (nSPS) is 17.5. The summed E-state index contributed by atoms with van der Waals surface area (Å²) in [7, 11) is 2.75. The third-order valence-electron chi connectivity index (χ3n) is 5.53. The largest absolute Gasteiger partial charge is 0.496 e. The fourth-order valence-electron chi connectivity index (χ4n) is 3.84. The van der Waals surface area contributed by atoms with Crippen LogP contribution in [0.2, 0.25) is 0 Å². The van der Waals surface area contributed by atoms with Crippen LogP contribution in [0.15, 0.2) is 12.1 Å². The molecule has 168 valence electrons. The van der Waals surface area contributed by atoms with E-state index >= 15 is 0 Å². The number of hydrogen-bond donors (Lipinski definition) is 0. The number of esters is 1. The molecule has 1 amide bonds. The highest BCUT2D eigenvalue weighted by molar-refractivity contribution is 5.96. The first-order valence-corrected chi connectivity index (χ1v) is 10.3. The SMILES string of the molecule is COC(=O)c1c(C#N)cc(N2CC(N3CCN(C(=O)OC(C)(C)C)CC3)C2)cc1OC. The number of anilines is 1. The minimum absolute atomic E-state index is 0.145. The summed E-state index contributed by atoms with van der Waals surface area (Å²) in [4.78, 5) is 30.6. The van der Waals surface area contributed by atoms with E-state index in [1.54, 1.807) is 17.0 Å². The van der Waals surface area contributed by atoms with E-state index in [-0.39, 0.29) is 17.2 Å². The number of carbonyl (C=O) groups is 2. The highest BCUT2D eigenvalue weighted by Crippen LogP contribution is 2.33. The van der Waals surface area contributed by atoms with Gasteiger partial charge in [-0.05, 0) is 26.8 Å². The minimum Gasteiger partial charge on any atom is -0.496 e. The monoisotopic (exact) mass is 430 g/mol. The summed E-state index contributed by atoms with van der Waals surface area (Å²) < 4.78 is 15.6. The van der Waals surface area contributed by atoms with E-state index in [9.17, 15) is 14.9 Å². The first-order valence-electron chi connectivity index (χ1n) is 10.3. The Morgan fingerprint density at radius 1 is 1.10 bits per heavy atom. The van der Waals surface area contributed by atoms with Crippen LogP contribution in [0.25, 0.3) is 0 Å². The Balaban J connectivity index is 1.59. The lowest BCUT2D eigenvalue weighted by molar-refractivity contribution is 0.00875. The van der Waals surface area contributed by atoms with Gasteiger partial charge in [-0.25, -0.2) is 9.59 Å². The summed E-state index contributed by atoms with van der Waals surface area (Å²) >= 11 is 0. The van der Waals surface area contributed by atoms with Gasteiger partial charge in [0, 0.05) is 57.1 Å². The molecule has 2 aliphatic heterocycles. The van der Waals surface area contributed by atoms with Gasteiger partial charge in [-0.15, -0.1) is 0 Å². The predicted molar refractivity (Wildman–Crippen MR) is 114 cm³/mol. The average Bonchev–Trinajstić information content (AvgIpc) is 2.70. The lowest BCUT2D eigenvalue weighted by Gasteiger charge is -2.49. The second-order valence-corrected chi connectivity index (χ2v) is 8.74. The Kier molecular flexibility index (Phi) is 6.60. The Morgan fingerprint density at radius 2 is 1.74 bits per heavy atom. The number of methoxy groups -OCH3 is 2. The summed E-state index contributed by atoms with van der Waals surface area (Å²) in [6.45, 7) is 10.1. The zero-order valence-electron chi connectivity index (χ0n) is 18.8. The van der Waals surface area contributed by atoms with Crippen molar-refractivity contribution in [3.8, 4) is 11.8 Å². The second kappa shape index (κ2) is 9.02. The molecule has 0 bridgehead atoms. The molecule has 9 heteroatoms. The number of rotatable bonds is 4. The van der Waals surface area contributed by atoms with Gasteiger partial charge in [0.05, 0.1) is 19.8 Å². The summed E-state index contributed by atoms with van der Waals surface area (Å²) in [6, 6.07) is 5.91. The number of piperazine rings is 1. The predicted octanol–water partition coefficient (Wildman–Crippen LogP) is 2.09. The number of ether oxygens (including phenoxy) is 3. The fraction of sp³-hybridized carbons (Fsp3) is 0.591. The Bertz CT molecular complexity index is 875. The molecule has 0 aromatic heterocycles. The van der Waals surface area contributed by atoms with Crippen molar-refractivity contribution in [2.75, 3.05) is 58.4 Å². The number of nitrogens with zero attached hydrogens (tertiary/aromatic N) is 4. The quantitative estimate of drug-likeness (QED) is 0.670. The molecule has 1 aromatic carbocycles. The molecule has 0 N–H and O–H groups in total. The standard InChI is InChI=1S/C22H30N4O5/c1-22(2,3)31-21(28)25-8-6-24(7-9-25)17-13-26(14-17)16-10-15(12-23)19(20(27)30-5)18(11-16)29-4/h10-11,17H,6-9,13-14H2,1-5H3. The van der Waals surface area contributed by atoms with Crippen molar-refractivity contribution in [1.82, 2.24) is 9.80 Å². The summed E-state index contributed by atoms with van der Waals surface area (Å²) in [5.74, 6) is -0.264. The van der Waals surface area contributed by atoms with Crippen LogP contribution in [0, 0.1) is 11.3 Å². The first-order chi connectivity index (χ1) is 14.7. The zero-order valence-corrected chi connectivity index (χ0v) is 18.8. The summed E-state index contributed by atoms with van der Waals surface area (Å²) in [6.07, 6.45) is -0.260. The van der Waals surface area contributed by atoms with E-state index in [0.717, 1.165) is 31.9 Å². The van der Waals surface area contributed by atoms with Crippen LogP contribution in [0.4, 0.5) is 10.5 Å². The lowest BCUT2D eigenvalue weighted by atomic mass is 10.0. The Labute approximate surface area is 183 Å². The molecular formula is C22H30N4O5. The van der Waals surface area contributed by atoms with E-state index in [2.05, 4.69) is 15.9 Å². The number of benzene rings is 1. The molecule has 9 nitrogen and oxygen atoms in total. The molecule has 2 fully saturated rings. The molecule has 2 heterocycles. The highest BCUT2D eigenvalue weighted by atomic mass is 16.6. The first kappa shape index (κ1) is 22.7. The third kappa shape index (κ3) is 5.02. The van der Waals surface area contributed by atoms with Crippen molar-refractivity contribution in [2.24, 2.45) is 0 Å². The molecular weight excluding hydrogens is 400 g/mol. The number of carbonyl (C=O) groups excluding carboxylic acids is 2. The van der Waals surface area contributed by atoms with Gasteiger partial charge >= 0.3 is 12.1 Å².